The molecule has 0 aliphatic carbocycles. The van der Waals surface area contributed by atoms with E-state index in [0.29, 0.717) is 19.5 Å². The van der Waals surface area contributed by atoms with Crippen molar-refractivity contribution in [1.29, 1.82) is 0 Å². The van der Waals surface area contributed by atoms with Crippen LogP contribution in [0.25, 0.3) is 0 Å². The first kappa shape index (κ1) is 31.5. The van der Waals surface area contributed by atoms with Crippen LogP contribution in [0, 0.1) is 17.6 Å². The second kappa shape index (κ2) is 15.7. The number of halogens is 2. The predicted octanol–water partition coefficient (Wildman–Crippen LogP) is 5.12. The second-order valence-corrected chi connectivity index (χ2v) is 10.1. The zero-order valence-electron chi connectivity index (χ0n) is 22.9. The average Bonchev–Trinajstić information content (AvgIpc) is 2.89. The van der Waals surface area contributed by atoms with Gasteiger partial charge in [0.1, 0.15) is 11.6 Å². The number of urea groups is 1. The number of nitrogens with two attached hydrogens (primary N) is 1. The van der Waals surface area contributed by atoms with Crippen molar-refractivity contribution >= 4 is 18.0 Å². The van der Waals surface area contributed by atoms with Gasteiger partial charge in [-0.1, -0.05) is 75.6 Å². The van der Waals surface area contributed by atoms with Crippen LogP contribution in [0.4, 0.5) is 18.4 Å². The Kier molecular flexibility index (Phi) is 12.7. The smallest absolute Gasteiger partial charge is 0.408 e. The van der Waals surface area contributed by atoms with E-state index in [1.54, 1.807) is 0 Å². The van der Waals surface area contributed by atoms with Crippen molar-refractivity contribution in [2.75, 3.05) is 13.1 Å². The van der Waals surface area contributed by atoms with E-state index in [-0.39, 0.29) is 17.9 Å². The Labute approximate surface area is 229 Å². The summed E-state index contributed by atoms with van der Waals surface area (Å²) >= 11 is 0. The Morgan fingerprint density at radius 3 is 2.13 bits per heavy atom. The van der Waals surface area contributed by atoms with Crippen LogP contribution in [0.1, 0.15) is 70.1 Å². The summed E-state index contributed by atoms with van der Waals surface area (Å²) in [5.74, 6) is -2.69. The summed E-state index contributed by atoms with van der Waals surface area (Å²) in [6.45, 7) is 6.15. The van der Waals surface area contributed by atoms with Crippen molar-refractivity contribution in [3.63, 3.8) is 0 Å². The fourth-order valence-electron chi connectivity index (χ4n) is 4.24. The van der Waals surface area contributed by atoms with Crippen LogP contribution in [-0.4, -0.2) is 36.7 Å². The first-order valence-corrected chi connectivity index (χ1v) is 13.3. The average molecular weight is 547 g/mol. The van der Waals surface area contributed by atoms with Gasteiger partial charge in [-0.05, 0) is 42.9 Å². The normalized spacial score (nSPS) is 13.3. The van der Waals surface area contributed by atoms with Gasteiger partial charge in [-0.2, -0.15) is 0 Å². The van der Waals surface area contributed by atoms with Crippen LogP contribution in [0.3, 0.4) is 0 Å². The first-order chi connectivity index (χ1) is 18.5. The van der Waals surface area contributed by atoms with Crippen molar-refractivity contribution in [2.45, 2.75) is 70.9 Å². The van der Waals surface area contributed by atoms with Crippen LogP contribution >= 0.6 is 0 Å². The van der Waals surface area contributed by atoms with Crippen molar-refractivity contribution < 1.29 is 27.9 Å². The zero-order valence-corrected chi connectivity index (χ0v) is 22.9. The minimum atomic E-state index is -1.61. The summed E-state index contributed by atoms with van der Waals surface area (Å²) in [5.41, 5.74) is 4.18. The molecule has 0 bridgehead atoms. The summed E-state index contributed by atoms with van der Waals surface area (Å²) in [7, 11) is 0. The maximum Gasteiger partial charge on any atom is 0.408 e. The molecule has 0 fully saturated rings. The lowest BCUT2D eigenvalue weighted by Crippen LogP contribution is -2.58. The molecule has 0 aliphatic heterocycles. The number of carbonyl (C=O) groups is 3. The molecule has 2 atom stereocenters. The summed E-state index contributed by atoms with van der Waals surface area (Å²) in [5, 5.41) is 7.97. The van der Waals surface area contributed by atoms with Gasteiger partial charge in [0.2, 0.25) is 5.91 Å². The van der Waals surface area contributed by atoms with Gasteiger partial charge in [0, 0.05) is 19.5 Å². The van der Waals surface area contributed by atoms with Gasteiger partial charge in [-0.3, -0.25) is 4.79 Å². The summed E-state index contributed by atoms with van der Waals surface area (Å²) in [6, 6.07) is 12.4. The van der Waals surface area contributed by atoms with Gasteiger partial charge in [0.05, 0.1) is 0 Å². The molecule has 0 radical (unpaired) electrons. The molecular formula is C29H40F2N4O4. The van der Waals surface area contributed by atoms with Gasteiger partial charge >= 0.3 is 12.1 Å². The van der Waals surface area contributed by atoms with E-state index in [9.17, 15) is 23.2 Å². The van der Waals surface area contributed by atoms with Gasteiger partial charge in [-0.15, -0.1) is 0 Å². The van der Waals surface area contributed by atoms with Gasteiger partial charge in [-0.25, -0.2) is 18.4 Å². The lowest BCUT2D eigenvalue weighted by atomic mass is 9.91. The number of nitrogens with one attached hydrogen (secondary N) is 3. The monoisotopic (exact) mass is 546 g/mol. The molecule has 10 heteroatoms. The number of hydrogen-bond acceptors (Lipinski definition) is 4. The highest BCUT2D eigenvalue weighted by Crippen LogP contribution is 2.26. The van der Waals surface area contributed by atoms with Crippen molar-refractivity contribution in [3.8, 4) is 0 Å². The molecule has 4 amide bonds. The molecule has 0 aromatic heterocycles. The van der Waals surface area contributed by atoms with Crippen molar-refractivity contribution in [1.82, 2.24) is 16.0 Å². The molecule has 0 saturated heterocycles. The Morgan fingerprint density at radius 1 is 0.897 bits per heavy atom. The predicted molar refractivity (Wildman–Crippen MR) is 146 cm³/mol. The fourth-order valence-corrected chi connectivity index (χ4v) is 4.24. The number of unbranched alkanes of at least 4 members (excludes halogenated alkanes) is 4. The van der Waals surface area contributed by atoms with Gasteiger partial charge in [0.15, 0.2) is 11.6 Å². The maximum absolute atomic E-state index is 14.5. The second-order valence-electron chi connectivity index (χ2n) is 10.1. The van der Waals surface area contributed by atoms with Crippen LogP contribution in [-0.2, 0) is 16.0 Å². The number of benzene rings is 2. The van der Waals surface area contributed by atoms with Crippen LogP contribution in [0.5, 0.6) is 0 Å². The molecule has 2 unspecified atom stereocenters. The van der Waals surface area contributed by atoms with E-state index in [1.165, 1.54) is 19.1 Å². The van der Waals surface area contributed by atoms with Crippen molar-refractivity contribution in [3.05, 3.63) is 71.3 Å². The molecule has 0 aliphatic rings. The van der Waals surface area contributed by atoms with E-state index < -0.39 is 41.3 Å². The van der Waals surface area contributed by atoms with Gasteiger partial charge in [0.25, 0.3) is 0 Å². The van der Waals surface area contributed by atoms with Crippen LogP contribution in [0.2, 0.25) is 0 Å². The molecular weight excluding hydrogens is 506 g/mol. The van der Waals surface area contributed by atoms with E-state index in [4.69, 9.17) is 10.5 Å². The largest absolute Gasteiger partial charge is 0.441 e. The highest BCUT2D eigenvalue weighted by Gasteiger charge is 2.37. The number of primary amides is 1. The van der Waals surface area contributed by atoms with Gasteiger partial charge < -0.3 is 26.4 Å². The molecule has 2 rings (SSSR count). The first-order valence-electron chi connectivity index (χ1n) is 13.3. The highest BCUT2D eigenvalue weighted by atomic mass is 19.2. The molecule has 0 saturated carbocycles. The topological polar surface area (TPSA) is 123 Å². The fraction of sp³-hybridized carbons (Fsp3) is 0.483. The number of carbonyl (C=O) groups excluding carboxylic acids is 3. The number of rotatable bonds is 15. The SMILES string of the molecule is CC(C)C(OC(=O)NC(C)(Cc1cccc(F)c1F)C(=O)NCCCCCCCNC(N)=O)c1ccccc1. The molecule has 0 heterocycles. The molecule has 2 aromatic carbocycles. The van der Waals surface area contributed by atoms with Crippen LogP contribution in [0.15, 0.2) is 48.5 Å². The third-order valence-electron chi connectivity index (χ3n) is 6.36. The summed E-state index contributed by atoms with van der Waals surface area (Å²) in [6.07, 6.45) is 2.46. The third kappa shape index (κ3) is 10.5. The minimum Gasteiger partial charge on any atom is -0.441 e. The Hall–Kier alpha value is -3.69. The lowest BCUT2D eigenvalue weighted by Gasteiger charge is -2.31. The number of alkyl carbamates (subject to hydrolysis) is 1. The van der Waals surface area contributed by atoms with E-state index in [2.05, 4.69) is 16.0 Å². The molecule has 2 aromatic rings. The van der Waals surface area contributed by atoms with E-state index >= 15 is 0 Å². The third-order valence-corrected chi connectivity index (χ3v) is 6.36. The molecule has 8 nitrogen and oxygen atoms in total. The quantitative estimate of drug-likeness (QED) is 0.232. The number of amides is 4. The molecule has 5 N–H and O–H groups in total. The minimum absolute atomic E-state index is 0.0408. The van der Waals surface area contributed by atoms with Crippen LogP contribution < -0.4 is 21.7 Å². The molecule has 214 valence electrons. The standard InChI is InChI=1S/C29H40F2N4O4/c1-20(2)25(21-13-8-7-9-14-21)39-28(38)35-29(3,19-22-15-12-16-23(30)24(22)31)26(36)33-17-10-5-4-6-11-18-34-27(32)37/h7-9,12-16,20,25H,4-6,10-11,17-19H2,1-3H3,(H,33,36)(H,35,38)(H3,32,34,37). The Balaban J connectivity index is 2.04. The molecule has 0 spiro atoms. The highest BCUT2D eigenvalue weighted by molar-refractivity contribution is 5.90. The van der Waals surface area contributed by atoms with Crippen molar-refractivity contribution in [2.24, 2.45) is 11.7 Å². The number of hydrogen-bond donors (Lipinski definition) is 4. The van der Waals surface area contributed by atoms with E-state index in [1.807, 2.05) is 44.2 Å². The number of ether oxygens (including phenoxy) is 1. The molecule has 39 heavy (non-hydrogen) atoms. The zero-order chi connectivity index (χ0) is 28.8. The van der Waals surface area contributed by atoms with E-state index in [0.717, 1.165) is 37.3 Å². The maximum atomic E-state index is 14.5. The summed E-state index contributed by atoms with van der Waals surface area (Å²) < 4.78 is 34.1. The summed E-state index contributed by atoms with van der Waals surface area (Å²) in [4.78, 5) is 37.0. The Bertz CT molecular complexity index is 1080. The Morgan fingerprint density at radius 2 is 1.51 bits per heavy atom. The lowest BCUT2D eigenvalue weighted by molar-refractivity contribution is -0.127.